The summed E-state index contributed by atoms with van der Waals surface area (Å²) in [5.74, 6) is 0.353. The number of benzene rings is 2. The van der Waals surface area contributed by atoms with Crippen LogP contribution < -0.4 is 0 Å². The predicted octanol–water partition coefficient (Wildman–Crippen LogP) is 4.21. The van der Waals surface area contributed by atoms with Crippen LogP contribution in [0.2, 0.25) is 0 Å². The topological polar surface area (TPSA) is 61.9 Å². The smallest absolute Gasteiger partial charge is 0.226 e. The number of nitriles is 1. The minimum absolute atomic E-state index is 0. The van der Waals surface area contributed by atoms with E-state index in [2.05, 4.69) is 27.8 Å². The van der Waals surface area contributed by atoms with Crippen LogP contribution in [0.5, 0.6) is 0 Å². The quantitative estimate of drug-likeness (QED) is 0.575. The van der Waals surface area contributed by atoms with E-state index in [1.54, 1.807) is 0 Å². The largest absolute Gasteiger partial charge is 0.338 e. The zero-order chi connectivity index (χ0) is 20.1. The Morgan fingerprint density at radius 3 is 2.57 bits per heavy atom. The first kappa shape index (κ1) is 21.6. The highest BCUT2D eigenvalue weighted by Gasteiger charge is 2.31. The number of halogens is 1. The molecule has 2 aromatic carbocycles. The average Bonchev–Trinajstić information content (AvgIpc) is 3.34. The number of likely N-dealkylation sites (tertiary alicyclic amines) is 1. The molecule has 0 saturated carbocycles. The van der Waals surface area contributed by atoms with Crippen molar-refractivity contribution in [3.8, 4) is 6.07 Å². The van der Waals surface area contributed by atoms with Gasteiger partial charge < -0.3 is 9.47 Å². The number of rotatable bonds is 7. The molecule has 0 spiro atoms. The van der Waals surface area contributed by atoms with E-state index in [0.717, 1.165) is 43.6 Å². The van der Waals surface area contributed by atoms with Gasteiger partial charge >= 0.3 is 0 Å². The Morgan fingerprint density at radius 1 is 1.07 bits per heavy atom. The maximum absolute atomic E-state index is 12.8. The fourth-order valence-electron chi connectivity index (χ4n) is 3.93. The van der Waals surface area contributed by atoms with Crippen LogP contribution >= 0.6 is 12.4 Å². The highest BCUT2D eigenvalue weighted by atomic mass is 35.5. The number of imidazole rings is 1. The number of carbonyl (C=O) groups excluding carboxylic acids is 1. The Morgan fingerprint density at radius 2 is 1.83 bits per heavy atom. The number of aryl methyl sites for hydroxylation is 1. The number of carbonyl (C=O) groups is 1. The summed E-state index contributed by atoms with van der Waals surface area (Å²) in [4.78, 5) is 19.1. The molecular weight excluding hydrogens is 396 g/mol. The Labute approximate surface area is 183 Å². The van der Waals surface area contributed by atoms with Crippen LogP contribution in [0.15, 0.2) is 67.1 Å². The van der Waals surface area contributed by atoms with E-state index in [-0.39, 0.29) is 24.2 Å². The zero-order valence-corrected chi connectivity index (χ0v) is 17.6. The summed E-state index contributed by atoms with van der Waals surface area (Å²) in [6, 6.07) is 20.0. The minimum atomic E-state index is 0. The number of hydrogen-bond acceptors (Lipinski definition) is 3. The third-order valence-corrected chi connectivity index (χ3v) is 5.61. The fraction of sp³-hybridized carbons (Fsp3) is 0.292. The summed E-state index contributed by atoms with van der Waals surface area (Å²) >= 11 is 0. The van der Waals surface area contributed by atoms with Crippen molar-refractivity contribution in [2.24, 2.45) is 5.92 Å². The number of hydrogen-bond donors (Lipinski definition) is 0. The summed E-state index contributed by atoms with van der Waals surface area (Å²) in [6.07, 6.45) is 6.26. The van der Waals surface area contributed by atoms with Crippen molar-refractivity contribution < 1.29 is 4.79 Å². The van der Waals surface area contributed by atoms with Crippen molar-refractivity contribution in [3.05, 3.63) is 89.5 Å². The second-order valence-corrected chi connectivity index (χ2v) is 7.58. The van der Waals surface area contributed by atoms with Gasteiger partial charge in [0, 0.05) is 43.9 Å². The molecule has 1 fully saturated rings. The van der Waals surface area contributed by atoms with Crippen LogP contribution in [0.3, 0.4) is 0 Å². The Kier molecular flexibility index (Phi) is 7.26. The van der Waals surface area contributed by atoms with E-state index in [1.807, 2.05) is 59.9 Å². The van der Waals surface area contributed by atoms with Gasteiger partial charge in [0.1, 0.15) is 0 Å². The minimum Gasteiger partial charge on any atom is -0.338 e. The highest BCUT2D eigenvalue weighted by Crippen LogP contribution is 2.24. The fourth-order valence-corrected chi connectivity index (χ4v) is 3.93. The SMILES string of the molecule is Cl.N#Cc1ccc(Cc2cncn2CCC2CCN(Cc3ccccc3)C2=O)cc1. The second-order valence-electron chi connectivity index (χ2n) is 7.58. The van der Waals surface area contributed by atoms with Crippen molar-refractivity contribution in [1.82, 2.24) is 14.5 Å². The van der Waals surface area contributed by atoms with E-state index >= 15 is 0 Å². The number of aromatic nitrogens is 2. The molecule has 2 heterocycles. The maximum atomic E-state index is 12.8. The molecule has 1 atom stereocenters. The van der Waals surface area contributed by atoms with Gasteiger partial charge in [-0.3, -0.25) is 4.79 Å². The molecule has 4 rings (SSSR count). The van der Waals surface area contributed by atoms with Crippen LogP contribution in [0, 0.1) is 17.2 Å². The molecule has 1 aromatic heterocycles. The maximum Gasteiger partial charge on any atom is 0.226 e. The molecule has 0 radical (unpaired) electrons. The van der Waals surface area contributed by atoms with Gasteiger partial charge in [-0.15, -0.1) is 12.4 Å². The Hall–Kier alpha value is -3.10. The van der Waals surface area contributed by atoms with Crippen LogP contribution in [0.25, 0.3) is 0 Å². The van der Waals surface area contributed by atoms with Gasteiger partial charge in [0.15, 0.2) is 0 Å². The molecule has 1 unspecified atom stereocenters. The molecule has 5 nitrogen and oxygen atoms in total. The molecule has 6 heteroatoms. The lowest BCUT2D eigenvalue weighted by Gasteiger charge is -2.17. The first-order chi connectivity index (χ1) is 14.2. The number of amides is 1. The Balaban J connectivity index is 0.00000256. The summed E-state index contributed by atoms with van der Waals surface area (Å²) < 4.78 is 2.14. The molecule has 1 amide bonds. The Bertz CT molecular complexity index is 1010. The highest BCUT2D eigenvalue weighted by molar-refractivity contribution is 5.85. The van der Waals surface area contributed by atoms with Crippen LogP contribution in [0.4, 0.5) is 0 Å². The molecule has 0 N–H and O–H groups in total. The first-order valence-corrected chi connectivity index (χ1v) is 10.0. The summed E-state index contributed by atoms with van der Waals surface area (Å²) in [5, 5.41) is 8.93. The standard InChI is InChI=1S/C24H24N4O.ClH/c25-15-20-8-6-19(7-9-20)14-23-16-26-18-28(23)13-11-22-10-12-27(24(22)29)17-21-4-2-1-3-5-21;/h1-9,16,18,22H,10-14,17H2;1H. The van der Waals surface area contributed by atoms with E-state index in [9.17, 15) is 4.79 Å². The molecule has 1 aliphatic rings. The molecule has 30 heavy (non-hydrogen) atoms. The van der Waals surface area contributed by atoms with E-state index in [4.69, 9.17) is 5.26 Å². The average molecular weight is 421 g/mol. The first-order valence-electron chi connectivity index (χ1n) is 10.0. The van der Waals surface area contributed by atoms with Crippen LogP contribution in [-0.4, -0.2) is 26.9 Å². The predicted molar refractivity (Wildman–Crippen MR) is 118 cm³/mol. The van der Waals surface area contributed by atoms with Gasteiger partial charge in [-0.1, -0.05) is 42.5 Å². The zero-order valence-electron chi connectivity index (χ0n) is 16.8. The van der Waals surface area contributed by atoms with Gasteiger partial charge in [0.05, 0.1) is 18.0 Å². The van der Waals surface area contributed by atoms with Crippen molar-refractivity contribution in [1.29, 1.82) is 5.26 Å². The molecule has 0 bridgehead atoms. The summed E-state index contributed by atoms with van der Waals surface area (Å²) in [5.41, 5.74) is 4.13. The van der Waals surface area contributed by atoms with E-state index < -0.39 is 0 Å². The van der Waals surface area contributed by atoms with E-state index in [1.165, 1.54) is 5.56 Å². The molecule has 154 valence electrons. The normalized spacial score (nSPS) is 15.6. The van der Waals surface area contributed by atoms with Gasteiger partial charge in [0.25, 0.3) is 0 Å². The van der Waals surface area contributed by atoms with Gasteiger partial charge in [-0.2, -0.15) is 5.26 Å². The van der Waals surface area contributed by atoms with Crippen LogP contribution in [0.1, 0.15) is 35.2 Å². The van der Waals surface area contributed by atoms with Crippen molar-refractivity contribution >= 4 is 18.3 Å². The van der Waals surface area contributed by atoms with Gasteiger partial charge in [0.2, 0.25) is 5.91 Å². The summed E-state index contributed by atoms with van der Waals surface area (Å²) in [7, 11) is 0. The lowest BCUT2D eigenvalue weighted by atomic mass is 10.0. The second kappa shape index (κ2) is 10.1. The van der Waals surface area contributed by atoms with Crippen molar-refractivity contribution in [2.45, 2.75) is 32.4 Å². The summed E-state index contributed by atoms with van der Waals surface area (Å²) in [6.45, 7) is 2.33. The van der Waals surface area contributed by atoms with Gasteiger partial charge in [-0.25, -0.2) is 4.98 Å². The molecular formula is C24H25ClN4O. The van der Waals surface area contributed by atoms with Crippen molar-refractivity contribution in [3.63, 3.8) is 0 Å². The lowest BCUT2D eigenvalue weighted by molar-refractivity contribution is -0.131. The molecule has 3 aromatic rings. The van der Waals surface area contributed by atoms with E-state index in [0.29, 0.717) is 12.1 Å². The number of nitrogens with zero attached hydrogens (tertiary/aromatic N) is 4. The van der Waals surface area contributed by atoms with Gasteiger partial charge in [-0.05, 0) is 36.1 Å². The van der Waals surface area contributed by atoms with Crippen LogP contribution in [-0.2, 0) is 24.3 Å². The monoisotopic (exact) mass is 420 g/mol. The molecule has 1 saturated heterocycles. The third kappa shape index (κ3) is 5.08. The molecule has 0 aliphatic carbocycles. The molecule has 1 aliphatic heterocycles. The third-order valence-electron chi connectivity index (χ3n) is 5.61. The van der Waals surface area contributed by atoms with Crippen molar-refractivity contribution in [2.75, 3.05) is 6.54 Å². The lowest BCUT2D eigenvalue weighted by Crippen LogP contribution is -2.27.